The molecule has 2 atom stereocenters. The maximum Gasteiger partial charge on any atom is 0.416 e. The second kappa shape index (κ2) is 11.9. The molecular weight excluding hydrogens is 596 g/mol. The lowest BCUT2D eigenvalue weighted by atomic mass is 9.90. The van der Waals surface area contributed by atoms with Crippen molar-refractivity contribution in [2.45, 2.75) is 43.7 Å². The minimum Gasteiger partial charge on any atom is -0.349 e. The van der Waals surface area contributed by atoms with E-state index in [1.165, 1.54) is 11.1 Å². The molecule has 43 heavy (non-hydrogen) atoms. The van der Waals surface area contributed by atoms with E-state index in [2.05, 4.69) is 10.3 Å². The van der Waals surface area contributed by atoms with Gasteiger partial charge in [-0.2, -0.15) is 26.3 Å². The minimum absolute atomic E-state index is 0.00325. The summed E-state index contributed by atoms with van der Waals surface area (Å²) < 4.78 is 81.0. The molecule has 5 rings (SSSR count). The van der Waals surface area contributed by atoms with Crippen molar-refractivity contribution in [1.29, 1.82) is 0 Å². The topological polar surface area (TPSA) is 62.3 Å². The van der Waals surface area contributed by atoms with E-state index in [1.807, 2.05) is 0 Å². The number of aromatic nitrogens is 1. The number of nitrogens with zero attached hydrogens (tertiary/aromatic N) is 2. The van der Waals surface area contributed by atoms with Gasteiger partial charge in [-0.15, -0.1) is 0 Å². The van der Waals surface area contributed by atoms with Crippen LogP contribution in [0.2, 0.25) is 5.02 Å². The van der Waals surface area contributed by atoms with Gasteiger partial charge in [0.05, 0.1) is 22.2 Å². The Labute approximate surface area is 247 Å². The summed E-state index contributed by atoms with van der Waals surface area (Å²) in [4.78, 5) is 32.4. The van der Waals surface area contributed by atoms with Gasteiger partial charge in [0.25, 0.3) is 11.8 Å². The maximum atomic E-state index is 13.6. The minimum atomic E-state index is -5.09. The highest BCUT2D eigenvalue weighted by molar-refractivity contribution is 6.30. The number of hydrogen-bond acceptors (Lipinski definition) is 3. The van der Waals surface area contributed by atoms with Crippen LogP contribution in [-0.4, -0.2) is 40.3 Å². The molecule has 224 valence electrons. The standard InChI is InChI=1S/C31H24ClF6N3O2/c32-22-7-5-18(6-8-22)13-24-17-23(40-28(42)26-9-11-39-27-4-2-1-3-25(26)27)10-12-41(24)29(43)19-14-20(30(33,34)35)16-21(15-19)31(36,37)38/h1-9,11,14-16,23-24H,10,12-13,17H2,(H,40,42)/t23-,24-/m1/s1. The number of piperidine rings is 1. The van der Waals surface area contributed by atoms with Gasteiger partial charge in [0, 0.05) is 40.8 Å². The van der Waals surface area contributed by atoms with Crippen LogP contribution in [0.25, 0.3) is 10.9 Å². The van der Waals surface area contributed by atoms with Gasteiger partial charge in [-0.3, -0.25) is 14.6 Å². The highest BCUT2D eigenvalue weighted by Crippen LogP contribution is 2.37. The Hall–Kier alpha value is -4.12. The molecule has 0 aliphatic carbocycles. The lowest BCUT2D eigenvalue weighted by molar-refractivity contribution is -0.143. The number of pyridine rings is 1. The Morgan fingerprint density at radius 3 is 2.21 bits per heavy atom. The molecule has 1 aliphatic rings. The summed E-state index contributed by atoms with van der Waals surface area (Å²) in [7, 11) is 0. The number of carbonyl (C=O) groups is 2. The van der Waals surface area contributed by atoms with E-state index < -0.39 is 47.0 Å². The van der Waals surface area contributed by atoms with E-state index in [4.69, 9.17) is 11.6 Å². The van der Waals surface area contributed by atoms with Crippen molar-refractivity contribution < 1.29 is 35.9 Å². The van der Waals surface area contributed by atoms with Gasteiger partial charge >= 0.3 is 12.4 Å². The second-order valence-electron chi connectivity index (χ2n) is 10.3. The highest BCUT2D eigenvalue weighted by atomic mass is 35.5. The molecule has 1 fully saturated rings. The Morgan fingerprint density at radius 2 is 1.56 bits per heavy atom. The van der Waals surface area contributed by atoms with Crippen LogP contribution in [0.5, 0.6) is 0 Å². The first-order valence-corrected chi connectivity index (χ1v) is 13.7. The van der Waals surface area contributed by atoms with Gasteiger partial charge in [0.2, 0.25) is 0 Å². The molecule has 0 radical (unpaired) electrons. The zero-order chi connectivity index (χ0) is 30.9. The molecule has 1 N–H and O–H groups in total. The number of carbonyl (C=O) groups excluding carboxylic acids is 2. The van der Waals surface area contributed by atoms with Crippen molar-refractivity contribution in [3.63, 3.8) is 0 Å². The number of alkyl halides is 6. The lowest BCUT2D eigenvalue weighted by Gasteiger charge is -2.40. The molecule has 0 unspecified atom stereocenters. The van der Waals surface area contributed by atoms with Crippen LogP contribution in [-0.2, 0) is 18.8 Å². The van der Waals surface area contributed by atoms with Crippen molar-refractivity contribution in [2.24, 2.45) is 0 Å². The van der Waals surface area contributed by atoms with Crippen molar-refractivity contribution in [1.82, 2.24) is 15.2 Å². The molecule has 1 saturated heterocycles. The quantitative estimate of drug-likeness (QED) is 0.234. The predicted octanol–water partition coefficient (Wildman–Crippen LogP) is 7.57. The van der Waals surface area contributed by atoms with E-state index in [9.17, 15) is 35.9 Å². The molecular formula is C31H24ClF6N3O2. The van der Waals surface area contributed by atoms with E-state index in [1.54, 1.807) is 54.6 Å². The zero-order valence-corrected chi connectivity index (χ0v) is 23.1. The van der Waals surface area contributed by atoms with E-state index in [-0.39, 0.29) is 37.8 Å². The number of hydrogen-bond donors (Lipinski definition) is 1. The smallest absolute Gasteiger partial charge is 0.349 e. The van der Waals surface area contributed by atoms with Crippen LogP contribution in [0.4, 0.5) is 26.3 Å². The van der Waals surface area contributed by atoms with Crippen LogP contribution in [0.1, 0.15) is 50.2 Å². The summed E-state index contributed by atoms with van der Waals surface area (Å²) in [5.41, 5.74) is -2.05. The lowest BCUT2D eigenvalue weighted by Crippen LogP contribution is -2.52. The third kappa shape index (κ3) is 6.93. The molecule has 0 saturated carbocycles. The Kier molecular flexibility index (Phi) is 8.38. The molecule has 1 aromatic heterocycles. The molecule has 3 aromatic carbocycles. The van der Waals surface area contributed by atoms with E-state index in [0.717, 1.165) is 5.56 Å². The average molecular weight is 620 g/mol. The van der Waals surface area contributed by atoms with Crippen LogP contribution < -0.4 is 5.32 Å². The largest absolute Gasteiger partial charge is 0.416 e. The normalized spacial score (nSPS) is 17.6. The van der Waals surface area contributed by atoms with Crippen molar-refractivity contribution >= 4 is 34.3 Å². The Balaban J connectivity index is 1.44. The van der Waals surface area contributed by atoms with Gasteiger partial charge in [-0.25, -0.2) is 0 Å². The first kappa shape index (κ1) is 30.3. The highest BCUT2D eigenvalue weighted by Gasteiger charge is 2.39. The van der Waals surface area contributed by atoms with Gasteiger partial charge in [-0.1, -0.05) is 41.9 Å². The monoisotopic (exact) mass is 619 g/mol. The molecule has 5 nitrogen and oxygen atoms in total. The van der Waals surface area contributed by atoms with Crippen molar-refractivity contribution in [3.8, 4) is 0 Å². The van der Waals surface area contributed by atoms with Crippen LogP contribution in [0, 0.1) is 0 Å². The number of amides is 2. The van der Waals surface area contributed by atoms with Gasteiger partial charge in [0.1, 0.15) is 0 Å². The number of halogens is 7. The van der Waals surface area contributed by atoms with E-state index in [0.29, 0.717) is 33.6 Å². The summed E-state index contributed by atoms with van der Waals surface area (Å²) in [5, 5.41) is 4.11. The number of para-hydroxylation sites is 1. The SMILES string of the molecule is O=C(N[C@@H]1CCN(C(=O)c2cc(C(F)(F)F)cc(C(F)(F)F)c2)[C@H](Cc2ccc(Cl)cc2)C1)c1ccnc2ccccc12. The Bertz CT molecular complexity index is 1620. The summed E-state index contributed by atoms with van der Waals surface area (Å²) in [6.45, 7) is -0.00325. The number of rotatable bonds is 5. The summed E-state index contributed by atoms with van der Waals surface area (Å²) >= 11 is 6.00. The van der Waals surface area contributed by atoms with Crippen LogP contribution in [0.15, 0.2) is 79.0 Å². The number of nitrogens with one attached hydrogen (secondary N) is 1. The fraction of sp³-hybridized carbons (Fsp3) is 0.258. The fourth-order valence-electron chi connectivity index (χ4n) is 5.34. The van der Waals surface area contributed by atoms with Crippen molar-refractivity contribution in [2.75, 3.05) is 6.54 Å². The zero-order valence-electron chi connectivity index (χ0n) is 22.3. The van der Waals surface area contributed by atoms with Gasteiger partial charge < -0.3 is 10.2 Å². The first-order valence-electron chi connectivity index (χ1n) is 13.3. The maximum absolute atomic E-state index is 13.6. The first-order chi connectivity index (χ1) is 20.3. The van der Waals surface area contributed by atoms with Gasteiger partial charge in [-0.05, 0) is 67.3 Å². The number of likely N-dealkylation sites (tertiary alicyclic amines) is 1. The number of fused-ring (bicyclic) bond motifs is 1. The van der Waals surface area contributed by atoms with Crippen molar-refractivity contribution in [3.05, 3.63) is 112 Å². The molecule has 2 heterocycles. The van der Waals surface area contributed by atoms with Gasteiger partial charge in [0.15, 0.2) is 0 Å². The molecule has 0 spiro atoms. The van der Waals surface area contributed by atoms with Crippen LogP contribution in [0.3, 0.4) is 0 Å². The molecule has 1 aliphatic heterocycles. The summed E-state index contributed by atoms with van der Waals surface area (Å²) in [5.74, 6) is -1.32. The number of benzene rings is 3. The molecule has 2 amide bonds. The Morgan fingerprint density at radius 1 is 0.907 bits per heavy atom. The predicted molar refractivity (Wildman–Crippen MR) is 149 cm³/mol. The van der Waals surface area contributed by atoms with Crippen LogP contribution >= 0.6 is 11.6 Å². The molecule has 4 aromatic rings. The summed E-state index contributed by atoms with van der Waals surface area (Å²) in [6.07, 6.45) is -7.97. The molecule has 12 heteroatoms. The fourth-order valence-corrected chi connectivity index (χ4v) is 5.46. The van der Waals surface area contributed by atoms with E-state index >= 15 is 0 Å². The third-order valence-corrected chi connectivity index (χ3v) is 7.68. The summed E-state index contributed by atoms with van der Waals surface area (Å²) in [6, 6.07) is 15.3. The average Bonchev–Trinajstić information content (AvgIpc) is 2.96. The third-order valence-electron chi connectivity index (χ3n) is 7.42. The molecule has 0 bridgehead atoms. The second-order valence-corrected chi connectivity index (χ2v) is 10.8.